The standard InChI is InChI=1S/C54H65ClFN6O7PS3/c1-7-69-70(63,48-21-22-50(51(36-48)72(5,64)65)57-45(23-24-59-29-31-68-32-30-59)37-71-49-11-9-8-10-12-49)58-44-17-19-46(20-18-44)60-25-27-61(28-26-60)47-34-41(33-43(56)35-47)52-53(40-13-15-42(55)16-14-40)62(38(2)3)39(4)54(52)73(6,66)67/h8-22,33-36,38,45,57H,7,23-32,37H2,1-6H3,(H,58,63)/t45-,70?/m1/s1. The number of benzene rings is 5. The molecule has 19 heteroatoms. The number of aromatic nitrogens is 1. The SMILES string of the molecule is CCOP(=O)(Nc1ccc(N2CCN(c3cc(F)cc(-c4c(S(C)(=O)=O)c(C)n(C(C)C)c4-c4ccc(Cl)cc4)c3)CC2)cc1)c1ccc(N[C@H](CCN2CCOCC2)CSc2ccccc2)c(S(C)(=O)=O)c1. The number of sulfone groups is 2. The number of halogens is 2. The van der Waals surface area contributed by atoms with Crippen molar-refractivity contribution in [2.75, 3.05) is 104 Å². The summed E-state index contributed by atoms with van der Waals surface area (Å²) in [5.41, 5.74) is 5.49. The van der Waals surface area contributed by atoms with Crippen molar-refractivity contribution in [2.45, 2.75) is 60.9 Å². The zero-order valence-corrected chi connectivity index (χ0v) is 46.3. The fourth-order valence-corrected chi connectivity index (χ4v) is 14.8. The van der Waals surface area contributed by atoms with Gasteiger partial charge in [0.1, 0.15) is 5.82 Å². The van der Waals surface area contributed by atoms with Crippen molar-refractivity contribution in [3.05, 3.63) is 132 Å². The number of ether oxygens (including phenoxy) is 1. The minimum absolute atomic E-state index is 0.0402. The third-order valence-electron chi connectivity index (χ3n) is 13.2. The highest BCUT2D eigenvalue weighted by atomic mass is 35.5. The molecule has 2 atom stereocenters. The van der Waals surface area contributed by atoms with E-state index in [0.717, 1.165) is 48.5 Å². The summed E-state index contributed by atoms with van der Waals surface area (Å²) in [6, 6.07) is 34.3. The zero-order valence-electron chi connectivity index (χ0n) is 42.2. The van der Waals surface area contributed by atoms with Crippen LogP contribution in [-0.2, 0) is 33.5 Å². The molecule has 2 aliphatic heterocycles. The van der Waals surface area contributed by atoms with Crippen LogP contribution in [0, 0.1) is 12.7 Å². The maximum Gasteiger partial charge on any atom is 0.323 e. The number of nitrogens with zero attached hydrogens (tertiary/aromatic N) is 4. The van der Waals surface area contributed by atoms with Gasteiger partial charge in [0.25, 0.3) is 0 Å². The highest BCUT2D eigenvalue weighted by molar-refractivity contribution is 7.99. The number of rotatable bonds is 20. The summed E-state index contributed by atoms with van der Waals surface area (Å²) >= 11 is 7.98. The fourth-order valence-electron chi connectivity index (χ4n) is 9.75. The summed E-state index contributed by atoms with van der Waals surface area (Å²) < 4.78 is 98.1. The average molecular weight is 1090 g/mol. The lowest BCUT2D eigenvalue weighted by Gasteiger charge is -2.37. The van der Waals surface area contributed by atoms with Gasteiger partial charge in [0.2, 0.25) is 0 Å². The van der Waals surface area contributed by atoms with Gasteiger partial charge in [-0.05, 0) is 130 Å². The van der Waals surface area contributed by atoms with E-state index in [0.29, 0.717) is 89.7 Å². The van der Waals surface area contributed by atoms with Gasteiger partial charge >= 0.3 is 7.52 Å². The molecule has 0 spiro atoms. The molecule has 0 bridgehead atoms. The number of anilines is 4. The number of morpholine rings is 1. The molecule has 8 rings (SSSR count). The van der Waals surface area contributed by atoms with Gasteiger partial charge in [-0.1, -0.05) is 41.9 Å². The van der Waals surface area contributed by atoms with Crippen LogP contribution in [-0.4, -0.2) is 116 Å². The topological polar surface area (TPSA) is 143 Å². The van der Waals surface area contributed by atoms with Crippen LogP contribution in [0.5, 0.6) is 0 Å². The number of piperazine rings is 1. The molecule has 0 amide bonds. The van der Waals surface area contributed by atoms with Crippen LogP contribution in [0.1, 0.15) is 38.9 Å². The lowest BCUT2D eigenvalue weighted by Crippen LogP contribution is -2.46. The maximum atomic E-state index is 15.8. The Balaban J connectivity index is 0.983. The summed E-state index contributed by atoms with van der Waals surface area (Å²) in [6.45, 7) is 13.9. The lowest BCUT2D eigenvalue weighted by atomic mass is 9.99. The minimum Gasteiger partial charge on any atom is -0.380 e. The molecule has 2 aliphatic rings. The van der Waals surface area contributed by atoms with Gasteiger partial charge in [0.15, 0.2) is 19.7 Å². The van der Waals surface area contributed by atoms with Crippen molar-refractivity contribution in [2.24, 2.45) is 0 Å². The molecule has 13 nitrogen and oxygen atoms in total. The minimum atomic E-state index is -3.85. The van der Waals surface area contributed by atoms with E-state index in [9.17, 15) is 21.4 Å². The molecule has 5 aromatic carbocycles. The predicted octanol–water partition coefficient (Wildman–Crippen LogP) is 10.9. The smallest absolute Gasteiger partial charge is 0.323 e. The molecule has 0 aliphatic carbocycles. The number of hydrogen-bond donors (Lipinski definition) is 2. The zero-order chi connectivity index (χ0) is 52.1. The number of hydrogen-bond acceptors (Lipinski definition) is 12. The van der Waals surface area contributed by atoms with E-state index in [2.05, 4.69) is 37.2 Å². The molecular formula is C54H65ClFN6O7PS3. The summed E-state index contributed by atoms with van der Waals surface area (Å²) in [5, 5.41) is 7.45. The van der Waals surface area contributed by atoms with E-state index in [-0.39, 0.29) is 33.8 Å². The van der Waals surface area contributed by atoms with Gasteiger partial charge < -0.3 is 34.0 Å². The van der Waals surface area contributed by atoms with Gasteiger partial charge in [-0.25, -0.2) is 21.2 Å². The molecule has 6 aromatic rings. The van der Waals surface area contributed by atoms with Gasteiger partial charge in [0, 0.05) is 114 Å². The number of thioether (sulfide) groups is 1. The van der Waals surface area contributed by atoms with Crippen molar-refractivity contribution in [1.29, 1.82) is 0 Å². The van der Waals surface area contributed by atoms with E-state index in [4.69, 9.17) is 20.9 Å². The Bertz CT molecular complexity index is 3150. The largest absolute Gasteiger partial charge is 0.380 e. The highest BCUT2D eigenvalue weighted by Gasteiger charge is 2.32. The van der Waals surface area contributed by atoms with Gasteiger partial charge in [-0.15, -0.1) is 11.8 Å². The van der Waals surface area contributed by atoms with Crippen LogP contribution in [0.25, 0.3) is 22.4 Å². The van der Waals surface area contributed by atoms with E-state index in [1.165, 1.54) is 24.5 Å². The monoisotopic (exact) mass is 1090 g/mol. The summed E-state index contributed by atoms with van der Waals surface area (Å²) in [6.07, 6.45) is 3.13. The van der Waals surface area contributed by atoms with Gasteiger partial charge in [-0.2, -0.15) is 0 Å². The van der Waals surface area contributed by atoms with E-state index in [1.807, 2.05) is 79.1 Å². The number of nitrogens with one attached hydrogen (secondary N) is 2. The first kappa shape index (κ1) is 54.4. The maximum absolute atomic E-state index is 15.8. The molecule has 1 unspecified atom stereocenters. The fraction of sp³-hybridized carbons (Fsp3) is 0.370. The third-order valence-corrected chi connectivity index (χ3v) is 19.1. The molecule has 73 heavy (non-hydrogen) atoms. The Labute approximate surface area is 439 Å². The third kappa shape index (κ3) is 13.2. The van der Waals surface area contributed by atoms with Crippen LogP contribution in [0.15, 0.2) is 130 Å². The molecule has 2 saturated heterocycles. The first-order chi connectivity index (χ1) is 34.8. The van der Waals surface area contributed by atoms with Crippen LogP contribution in [0.2, 0.25) is 5.02 Å². The van der Waals surface area contributed by atoms with Crippen LogP contribution in [0.3, 0.4) is 0 Å². The van der Waals surface area contributed by atoms with Crippen molar-refractivity contribution in [3.63, 3.8) is 0 Å². The molecule has 2 N–H and O–H groups in total. The van der Waals surface area contributed by atoms with Crippen LogP contribution >= 0.6 is 30.9 Å². The van der Waals surface area contributed by atoms with Crippen molar-refractivity contribution < 1.29 is 35.1 Å². The molecular weight excluding hydrogens is 1030 g/mol. The molecule has 3 heterocycles. The first-order valence-corrected chi connectivity index (χ1v) is 31.3. The van der Waals surface area contributed by atoms with E-state index >= 15 is 4.39 Å². The summed E-state index contributed by atoms with van der Waals surface area (Å²) in [7, 11) is -11.4. The van der Waals surface area contributed by atoms with Crippen LogP contribution in [0.4, 0.5) is 27.1 Å². The molecule has 0 radical (unpaired) electrons. The van der Waals surface area contributed by atoms with Crippen molar-refractivity contribution >= 4 is 78.6 Å². The van der Waals surface area contributed by atoms with Gasteiger partial charge in [-0.3, -0.25) is 9.46 Å². The lowest BCUT2D eigenvalue weighted by molar-refractivity contribution is 0.0370. The Morgan fingerprint density at radius 3 is 2.07 bits per heavy atom. The summed E-state index contributed by atoms with van der Waals surface area (Å²) in [5.74, 6) is 0.228. The van der Waals surface area contributed by atoms with Crippen molar-refractivity contribution in [1.82, 2.24) is 9.47 Å². The second kappa shape index (κ2) is 23.4. The Kier molecular flexibility index (Phi) is 17.4. The molecule has 0 saturated carbocycles. The van der Waals surface area contributed by atoms with Gasteiger partial charge in [0.05, 0.1) is 46.3 Å². The Hall–Kier alpha value is -4.84. The molecule has 2 fully saturated rings. The normalized spacial score (nSPS) is 16.1. The molecule has 390 valence electrons. The second-order valence-electron chi connectivity index (χ2n) is 18.8. The molecule has 1 aromatic heterocycles. The quantitative estimate of drug-likeness (QED) is 0.0554. The van der Waals surface area contributed by atoms with Crippen LogP contribution < -0.4 is 25.5 Å². The van der Waals surface area contributed by atoms with E-state index < -0.39 is 33.0 Å². The average Bonchev–Trinajstić information content (AvgIpc) is 3.69. The van der Waals surface area contributed by atoms with Crippen molar-refractivity contribution in [3.8, 4) is 22.4 Å². The summed E-state index contributed by atoms with van der Waals surface area (Å²) in [4.78, 5) is 8.01. The Morgan fingerprint density at radius 2 is 1.45 bits per heavy atom. The second-order valence-corrected chi connectivity index (χ2v) is 26.4. The highest BCUT2D eigenvalue weighted by Crippen LogP contribution is 2.48. The predicted molar refractivity (Wildman–Crippen MR) is 298 cm³/mol. The van der Waals surface area contributed by atoms with E-state index in [1.54, 1.807) is 49.9 Å². The Morgan fingerprint density at radius 1 is 0.795 bits per heavy atom. The first-order valence-electron chi connectivity index (χ1n) is 24.5.